The molecule has 1 aliphatic rings. The van der Waals surface area contributed by atoms with Gasteiger partial charge in [0, 0.05) is 12.3 Å². The molecule has 1 N–H and O–H groups in total. The van der Waals surface area contributed by atoms with E-state index in [1.807, 2.05) is 24.3 Å². The Balaban J connectivity index is 1.56. The first-order valence-electron chi connectivity index (χ1n) is 7.84. The highest BCUT2D eigenvalue weighted by atomic mass is 32.1. The second kappa shape index (κ2) is 6.66. The number of ether oxygens (including phenoxy) is 1. The summed E-state index contributed by atoms with van der Waals surface area (Å²) >= 11 is 1.47. The fourth-order valence-electron chi connectivity index (χ4n) is 2.64. The second-order valence-corrected chi connectivity index (χ2v) is 7.37. The fourth-order valence-corrected chi connectivity index (χ4v) is 3.59. The monoisotopic (exact) mass is 331 g/mol. The number of aromatic nitrogens is 2. The van der Waals surface area contributed by atoms with Crippen LogP contribution < -0.4 is 10.1 Å². The van der Waals surface area contributed by atoms with Crippen LogP contribution in [0.15, 0.2) is 24.3 Å². The molecule has 0 spiro atoms. The summed E-state index contributed by atoms with van der Waals surface area (Å²) in [6, 6.07) is 7.93. The number of benzene rings is 1. The number of carbonyl (C=O) groups is 1. The Labute approximate surface area is 140 Å². The molecule has 1 aliphatic carbocycles. The van der Waals surface area contributed by atoms with Gasteiger partial charge in [0.15, 0.2) is 0 Å². The zero-order valence-corrected chi connectivity index (χ0v) is 14.4. The molecule has 0 radical (unpaired) electrons. The van der Waals surface area contributed by atoms with E-state index in [4.69, 9.17) is 4.74 Å². The van der Waals surface area contributed by atoms with E-state index in [1.165, 1.54) is 16.9 Å². The lowest BCUT2D eigenvalue weighted by Gasteiger charge is -2.03. The Kier molecular flexibility index (Phi) is 4.61. The Hall–Kier alpha value is -1.95. The topological polar surface area (TPSA) is 64.1 Å². The zero-order chi connectivity index (χ0) is 16.4. The molecule has 2 unspecified atom stereocenters. The van der Waals surface area contributed by atoms with Gasteiger partial charge in [-0.1, -0.05) is 37.3 Å². The number of nitrogens with one attached hydrogen (secondary N) is 1. The molecule has 0 bridgehead atoms. The summed E-state index contributed by atoms with van der Waals surface area (Å²) in [5, 5.41) is 12.7. The molecule has 1 heterocycles. The highest BCUT2D eigenvalue weighted by Gasteiger charge is 2.44. The largest absolute Gasteiger partial charge is 0.497 e. The third-order valence-electron chi connectivity index (χ3n) is 3.95. The Morgan fingerprint density at radius 2 is 2.09 bits per heavy atom. The maximum atomic E-state index is 12.3. The zero-order valence-electron chi connectivity index (χ0n) is 13.6. The van der Waals surface area contributed by atoms with Gasteiger partial charge in [-0.2, -0.15) is 0 Å². The first-order chi connectivity index (χ1) is 11.1. The molecule has 1 fully saturated rings. The molecule has 6 heteroatoms. The molecule has 5 nitrogen and oxygen atoms in total. The molecule has 0 saturated heterocycles. The van der Waals surface area contributed by atoms with Crippen LogP contribution in [0.5, 0.6) is 5.75 Å². The predicted octanol–water partition coefficient (Wildman–Crippen LogP) is 3.49. The van der Waals surface area contributed by atoms with E-state index in [0.717, 1.165) is 23.6 Å². The molecule has 122 valence electrons. The van der Waals surface area contributed by atoms with Crippen molar-refractivity contribution in [3.63, 3.8) is 0 Å². The number of rotatable bonds is 6. The summed E-state index contributed by atoms with van der Waals surface area (Å²) in [5.74, 6) is 1.74. The predicted molar refractivity (Wildman–Crippen MR) is 90.9 cm³/mol. The molecular formula is C17H21N3O2S. The standard InChI is InChI=1S/C17H21N3O2S/c1-10(2)8-15-19-20-17(23-15)18-16(21)14-9-13(14)11-4-6-12(22-3)7-5-11/h4-7,10,13-14H,8-9H2,1-3H3,(H,18,20,21). The van der Waals surface area contributed by atoms with Gasteiger partial charge in [-0.05, 0) is 36.0 Å². The second-order valence-electron chi connectivity index (χ2n) is 6.31. The molecule has 1 aromatic heterocycles. The van der Waals surface area contributed by atoms with Crippen molar-refractivity contribution in [2.75, 3.05) is 12.4 Å². The van der Waals surface area contributed by atoms with Crippen LogP contribution >= 0.6 is 11.3 Å². The van der Waals surface area contributed by atoms with Crippen molar-refractivity contribution < 1.29 is 9.53 Å². The van der Waals surface area contributed by atoms with Gasteiger partial charge in [-0.25, -0.2) is 0 Å². The molecule has 0 aliphatic heterocycles. The number of carbonyl (C=O) groups excluding carboxylic acids is 1. The fraction of sp³-hybridized carbons (Fsp3) is 0.471. The van der Waals surface area contributed by atoms with Crippen LogP contribution in [0.25, 0.3) is 0 Å². The average molecular weight is 331 g/mol. The minimum Gasteiger partial charge on any atom is -0.497 e. The minimum atomic E-state index is 0.0286. The number of anilines is 1. The SMILES string of the molecule is COc1ccc(C2CC2C(=O)Nc2nnc(CC(C)C)s2)cc1. The first-order valence-corrected chi connectivity index (χ1v) is 8.65. The summed E-state index contributed by atoms with van der Waals surface area (Å²) < 4.78 is 5.16. The van der Waals surface area contributed by atoms with Gasteiger partial charge < -0.3 is 10.1 Å². The summed E-state index contributed by atoms with van der Waals surface area (Å²) in [7, 11) is 1.65. The van der Waals surface area contributed by atoms with Crippen LogP contribution in [0.4, 0.5) is 5.13 Å². The van der Waals surface area contributed by atoms with E-state index >= 15 is 0 Å². The van der Waals surface area contributed by atoms with Crippen LogP contribution in [-0.4, -0.2) is 23.2 Å². The van der Waals surface area contributed by atoms with Crippen LogP contribution in [0.3, 0.4) is 0 Å². The number of nitrogens with zero attached hydrogens (tertiary/aromatic N) is 2. The van der Waals surface area contributed by atoms with Crippen LogP contribution in [0.1, 0.15) is 36.8 Å². The van der Waals surface area contributed by atoms with Crippen molar-refractivity contribution in [2.45, 2.75) is 32.6 Å². The van der Waals surface area contributed by atoms with E-state index in [9.17, 15) is 4.79 Å². The van der Waals surface area contributed by atoms with Gasteiger partial charge in [0.05, 0.1) is 7.11 Å². The van der Waals surface area contributed by atoms with E-state index in [0.29, 0.717) is 17.0 Å². The van der Waals surface area contributed by atoms with Crippen molar-refractivity contribution in [1.29, 1.82) is 0 Å². The maximum absolute atomic E-state index is 12.3. The lowest BCUT2D eigenvalue weighted by atomic mass is 10.1. The number of amides is 1. The van der Waals surface area contributed by atoms with E-state index < -0.39 is 0 Å². The first kappa shape index (κ1) is 15.9. The Morgan fingerprint density at radius 1 is 1.35 bits per heavy atom. The third kappa shape index (κ3) is 3.88. The van der Waals surface area contributed by atoms with Gasteiger partial charge >= 0.3 is 0 Å². The molecule has 3 rings (SSSR count). The van der Waals surface area contributed by atoms with Crippen LogP contribution in [0.2, 0.25) is 0 Å². The maximum Gasteiger partial charge on any atom is 0.229 e. The molecule has 1 amide bonds. The van der Waals surface area contributed by atoms with E-state index in [1.54, 1.807) is 7.11 Å². The lowest BCUT2D eigenvalue weighted by Crippen LogP contribution is -2.14. The van der Waals surface area contributed by atoms with Crippen molar-refractivity contribution in [1.82, 2.24) is 10.2 Å². The highest BCUT2D eigenvalue weighted by molar-refractivity contribution is 7.15. The van der Waals surface area contributed by atoms with Crippen molar-refractivity contribution in [3.8, 4) is 5.75 Å². The van der Waals surface area contributed by atoms with Crippen LogP contribution in [0, 0.1) is 11.8 Å². The van der Waals surface area contributed by atoms with Gasteiger partial charge in [0.1, 0.15) is 10.8 Å². The average Bonchev–Trinajstić information content (AvgIpc) is 3.23. The third-order valence-corrected chi connectivity index (χ3v) is 4.81. The Morgan fingerprint density at radius 3 is 2.74 bits per heavy atom. The summed E-state index contributed by atoms with van der Waals surface area (Å²) in [4.78, 5) is 12.3. The highest BCUT2D eigenvalue weighted by Crippen LogP contribution is 2.48. The quantitative estimate of drug-likeness (QED) is 0.880. The molecule has 2 aromatic rings. The number of hydrogen-bond donors (Lipinski definition) is 1. The van der Waals surface area contributed by atoms with Crippen molar-refractivity contribution >= 4 is 22.4 Å². The summed E-state index contributed by atoms with van der Waals surface area (Å²) in [5.41, 5.74) is 1.18. The molecule has 2 atom stereocenters. The van der Waals surface area contributed by atoms with Crippen molar-refractivity contribution in [2.24, 2.45) is 11.8 Å². The van der Waals surface area contributed by atoms with Gasteiger partial charge in [-0.15, -0.1) is 10.2 Å². The van der Waals surface area contributed by atoms with Gasteiger partial charge in [-0.3, -0.25) is 4.79 Å². The summed E-state index contributed by atoms with van der Waals surface area (Å²) in [6.45, 7) is 4.28. The lowest BCUT2D eigenvalue weighted by molar-refractivity contribution is -0.117. The number of hydrogen-bond acceptors (Lipinski definition) is 5. The smallest absolute Gasteiger partial charge is 0.229 e. The molecule has 23 heavy (non-hydrogen) atoms. The molecule has 1 saturated carbocycles. The van der Waals surface area contributed by atoms with Gasteiger partial charge in [0.2, 0.25) is 11.0 Å². The minimum absolute atomic E-state index is 0.0286. The molecular weight excluding hydrogens is 310 g/mol. The van der Waals surface area contributed by atoms with Crippen LogP contribution in [-0.2, 0) is 11.2 Å². The summed E-state index contributed by atoms with van der Waals surface area (Å²) in [6.07, 6.45) is 1.78. The normalized spacial score (nSPS) is 19.7. The van der Waals surface area contributed by atoms with Gasteiger partial charge in [0.25, 0.3) is 0 Å². The molecule has 1 aromatic carbocycles. The van der Waals surface area contributed by atoms with E-state index in [2.05, 4.69) is 29.4 Å². The Bertz CT molecular complexity index is 681. The van der Waals surface area contributed by atoms with Crippen molar-refractivity contribution in [3.05, 3.63) is 34.8 Å². The van der Waals surface area contributed by atoms with E-state index in [-0.39, 0.29) is 11.8 Å². The number of methoxy groups -OCH3 is 1.